The van der Waals surface area contributed by atoms with Crippen molar-refractivity contribution in [2.75, 3.05) is 32.7 Å². The first kappa shape index (κ1) is 26.4. The molecule has 1 heterocycles. The minimum absolute atomic E-state index is 0.247. The molecule has 0 saturated carbocycles. The Bertz CT molecular complexity index is 873. The summed E-state index contributed by atoms with van der Waals surface area (Å²) in [5.41, 5.74) is 8.72. The Morgan fingerprint density at radius 1 is 0.853 bits per heavy atom. The molecule has 2 aromatic rings. The lowest BCUT2D eigenvalue weighted by Crippen LogP contribution is -2.49. The SMILES string of the molecule is NC(CCCCB(O)O)(CCCN1CCN(Cc2ccc(-c3ccccc3)cc2)CC1)C(=O)O. The lowest BCUT2D eigenvalue weighted by Gasteiger charge is -2.35. The van der Waals surface area contributed by atoms with Crippen molar-refractivity contribution in [3.8, 4) is 11.1 Å². The van der Waals surface area contributed by atoms with Gasteiger partial charge in [0.15, 0.2) is 0 Å². The summed E-state index contributed by atoms with van der Waals surface area (Å²) in [6.07, 6.45) is 2.90. The van der Waals surface area contributed by atoms with Crippen LogP contribution in [0.15, 0.2) is 54.6 Å². The van der Waals surface area contributed by atoms with Gasteiger partial charge in [0.1, 0.15) is 5.54 Å². The van der Waals surface area contributed by atoms with Crippen molar-refractivity contribution in [2.45, 2.75) is 50.5 Å². The third-order valence-corrected chi connectivity index (χ3v) is 6.79. The largest absolute Gasteiger partial charge is 0.480 e. The lowest BCUT2D eigenvalue weighted by atomic mass is 9.81. The molecule has 184 valence electrons. The van der Waals surface area contributed by atoms with Gasteiger partial charge >= 0.3 is 13.1 Å². The number of piperazine rings is 1. The predicted octanol–water partition coefficient (Wildman–Crippen LogP) is 2.68. The average molecular weight is 467 g/mol. The number of unbranched alkanes of at least 4 members (excludes halogenated alkanes) is 1. The molecule has 0 aliphatic carbocycles. The molecular weight excluding hydrogens is 429 g/mol. The molecule has 1 aliphatic heterocycles. The van der Waals surface area contributed by atoms with Gasteiger partial charge in [-0.3, -0.25) is 9.69 Å². The monoisotopic (exact) mass is 467 g/mol. The molecule has 1 fully saturated rings. The molecule has 1 unspecified atom stereocenters. The second-order valence-electron chi connectivity index (χ2n) is 9.47. The normalized spacial score (nSPS) is 16.8. The summed E-state index contributed by atoms with van der Waals surface area (Å²) >= 11 is 0. The molecule has 2 aromatic carbocycles. The van der Waals surface area contributed by atoms with E-state index in [2.05, 4.69) is 58.3 Å². The second-order valence-corrected chi connectivity index (χ2v) is 9.47. The molecule has 1 aliphatic rings. The highest BCUT2D eigenvalue weighted by Gasteiger charge is 2.33. The molecule has 7 nitrogen and oxygen atoms in total. The maximum Gasteiger partial charge on any atom is 0.451 e. The second kappa shape index (κ2) is 13.0. The van der Waals surface area contributed by atoms with Crippen LogP contribution in [-0.2, 0) is 11.3 Å². The van der Waals surface area contributed by atoms with Crippen LogP contribution in [0.25, 0.3) is 11.1 Å². The van der Waals surface area contributed by atoms with E-state index >= 15 is 0 Å². The number of carboxylic acids is 1. The zero-order valence-corrected chi connectivity index (χ0v) is 20.0. The van der Waals surface area contributed by atoms with E-state index in [1.54, 1.807) is 0 Å². The first-order valence-electron chi connectivity index (χ1n) is 12.3. The van der Waals surface area contributed by atoms with Crippen molar-refractivity contribution >= 4 is 13.1 Å². The van der Waals surface area contributed by atoms with Crippen molar-refractivity contribution in [1.29, 1.82) is 0 Å². The van der Waals surface area contributed by atoms with Crippen LogP contribution in [-0.4, -0.2) is 76.3 Å². The number of nitrogens with zero attached hydrogens (tertiary/aromatic N) is 2. The maximum atomic E-state index is 11.7. The molecule has 0 radical (unpaired) electrons. The summed E-state index contributed by atoms with van der Waals surface area (Å²) < 4.78 is 0. The minimum Gasteiger partial charge on any atom is -0.480 e. The van der Waals surface area contributed by atoms with Gasteiger partial charge in [-0.25, -0.2) is 0 Å². The number of rotatable bonds is 13. The van der Waals surface area contributed by atoms with Crippen LogP contribution in [0.4, 0.5) is 0 Å². The highest BCUT2D eigenvalue weighted by atomic mass is 16.4. The topological polar surface area (TPSA) is 110 Å². The smallest absolute Gasteiger partial charge is 0.451 e. The summed E-state index contributed by atoms with van der Waals surface area (Å²) in [5.74, 6) is -0.972. The minimum atomic E-state index is -1.34. The van der Waals surface area contributed by atoms with E-state index in [-0.39, 0.29) is 6.32 Å². The van der Waals surface area contributed by atoms with Gasteiger partial charge in [-0.1, -0.05) is 67.4 Å². The molecule has 1 atom stereocenters. The number of carbonyl (C=O) groups is 1. The summed E-state index contributed by atoms with van der Waals surface area (Å²) in [4.78, 5) is 16.6. The molecule has 8 heteroatoms. The summed E-state index contributed by atoms with van der Waals surface area (Å²) in [6.45, 7) is 5.73. The standard InChI is InChI=1S/C26H38BN3O4/c28-26(25(31)32,13-4-5-15-27(33)34)14-6-16-29-17-19-30(20-18-29)21-22-9-11-24(12-10-22)23-7-2-1-3-8-23/h1-3,7-12,33-34H,4-6,13-21,28H2,(H,31,32). The van der Waals surface area contributed by atoms with Gasteiger partial charge in [-0.2, -0.15) is 0 Å². The molecule has 0 spiro atoms. The predicted molar refractivity (Wildman–Crippen MR) is 136 cm³/mol. The molecule has 0 aromatic heterocycles. The molecule has 1 saturated heterocycles. The Morgan fingerprint density at radius 3 is 2.06 bits per heavy atom. The Labute approximate surface area is 203 Å². The zero-order valence-electron chi connectivity index (χ0n) is 20.0. The Morgan fingerprint density at radius 2 is 1.44 bits per heavy atom. The van der Waals surface area contributed by atoms with Gasteiger partial charge in [0.2, 0.25) is 0 Å². The van der Waals surface area contributed by atoms with Crippen LogP contribution >= 0.6 is 0 Å². The van der Waals surface area contributed by atoms with Crippen LogP contribution in [0.5, 0.6) is 0 Å². The van der Waals surface area contributed by atoms with Gasteiger partial charge < -0.3 is 25.8 Å². The molecule has 34 heavy (non-hydrogen) atoms. The molecule has 5 N–H and O–H groups in total. The highest BCUT2D eigenvalue weighted by molar-refractivity contribution is 6.40. The van der Waals surface area contributed by atoms with E-state index in [9.17, 15) is 9.90 Å². The van der Waals surface area contributed by atoms with Crippen molar-refractivity contribution in [2.24, 2.45) is 5.73 Å². The highest BCUT2D eigenvalue weighted by Crippen LogP contribution is 2.21. The van der Waals surface area contributed by atoms with Crippen LogP contribution in [0.1, 0.15) is 37.7 Å². The van der Waals surface area contributed by atoms with Crippen LogP contribution in [0, 0.1) is 0 Å². The fourth-order valence-electron chi connectivity index (χ4n) is 4.59. The van der Waals surface area contributed by atoms with Crippen LogP contribution in [0.2, 0.25) is 6.32 Å². The first-order valence-corrected chi connectivity index (χ1v) is 12.3. The van der Waals surface area contributed by atoms with Crippen molar-refractivity contribution < 1.29 is 19.9 Å². The van der Waals surface area contributed by atoms with E-state index in [0.29, 0.717) is 25.7 Å². The van der Waals surface area contributed by atoms with Crippen LogP contribution < -0.4 is 5.73 Å². The molecular formula is C26H38BN3O4. The van der Waals surface area contributed by atoms with E-state index in [1.165, 1.54) is 16.7 Å². The van der Waals surface area contributed by atoms with E-state index in [4.69, 9.17) is 15.8 Å². The van der Waals surface area contributed by atoms with Gasteiger partial charge in [0.25, 0.3) is 0 Å². The molecule has 3 rings (SSSR count). The van der Waals surface area contributed by atoms with E-state index in [0.717, 1.165) is 45.7 Å². The van der Waals surface area contributed by atoms with Crippen molar-refractivity contribution in [3.05, 3.63) is 60.2 Å². The average Bonchev–Trinajstić information content (AvgIpc) is 2.84. The van der Waals surface area contributed by atoms with Gasteiger partial charge in [0, 0.05) is 32.7 Å². The van der Waals surface area contributed by atoms with Crippen molar-refractivity contribution in [1.82, 2.24) is 9.80 Å². The number of hydrogen-bond donors (Lipinski definition) is 4. The fourth-order valence-corrected chi connectivity index (χ4v) is 4.59. The van der Waals surface area contributed by atoms with E-state index in [1.807, 2.05) is 6.07 Å². The van der Waals surface area contributed by atoms with Gasteiger partial charge in [-0.15, -0.1) is 0 Å². The van der Waals surface area contributed by atoms with Crippen molar-refractivity contribution in [3.63, 3.8) is 0 Å². The summed E-state index contributed by atoms with van der Waals surface area (Å²) in [5, 5.41) is 27.5. The Kier molecular flexibility index (Phi) is 10.1. The first-order chi connectivity index (χ1) is 16.4. The number of aliphatic carboxylic acids is 1. The summed E-state index contributed by atoms with van der Waals surface area (Å²) in [6, 6.07) is 19.2. The molecule has 0 amide bonds. The summed E-state index contributed by atoms with van der Waals surface area (Å²) in [7, 11) is -1.34. The third kappa shape index (κ3) is 8.22. The Balaban J connectivity index is 1.37. The number of nitrogens with two attached hydrogens (primary N) is 1. The third-order valence-electron chi connectivity index (χ3n) is 6.79. The quantitative estimate of drug-likeness (QED) is 0.265. The number of hydrogen-bond acceptors (Lipinski definition) is 6. The maximum absolute atomic E-state index is 11.7. The number of carboxylic acid groups (broad SMARTS) is 1. The lowest BCUT2D eigenvalue weighted by molar-refractivity contribution is -0.144. The zero-order chi connectivity index (χ0) is 24.4. The Hall–Kier alpha value is -2.23. The molecule has 0 bridgehead atoms. The van der Waals surface area contributed by atoms with Crippen LogP contribution in [0.3, 0.4) is 0 Å². The van der Waals surface area contributed by atoms with Gasteiger partial charge in [-0.05, 0) is 48.8 Å². The number of benzene rings is 2. The fraction of sp³-hybridized carbons (Fsp3) is 0.500. The van der Waals surface area contributed by atoms with E-state index < -0.39 is 18.6 Å². The van der Waals surface area contributed by atoms with Gasteiger partial charge in [0.05, 0.1) is 0 Å².